The Morgan fingerprint density at radius 1 is 1.46 bits per heavy atom. The molecule has 1 unspecified atom stereocenters. The van der Waals surface area contributed by atoms with Crippen LogP contribution < -0.4 is 0 Å². The number of likely N-dealkylation sites (tertiary alicyclic amines) is 1. The van der Waals surface area contributed by atoms with Crippen LogP contribution in [-0.2, 0) is 4.79 Å². The van der Waals surface area contributed by atoms with Crippen molar-refractivity contribution in [2.75, 3.05) is 19.6 Å². The molecular formula is C9H18LiNO2. The monoisotopic (exact) mass is 179 g/mol. The van der Waals surface area contributed by atoms with Crippen LogP contribution >= 0.6 is 0 Å². The van der Waals surface area contributed by atoms with Crippen LogP contribution in [0.15, 0.2) is 0 Å². The van der Waals surface area contributed by atoms with E-state index in [9.17, 15) is 4.79 Å². The van der Waals surface area contributed by atoms with Crippen molar-refractivity contribution < 1.29 is 9.90 Å². The maximum absolute atomic E-state index is 10.8. The van der Waals surface area contributed by atoms with E-state index in [2.05, 4.69) is 4.90 Å². The zero-order chi connectivity index (χ0) is 9.14. The average molecular weight is 179 g/mol. The van der Waals surface area contributed by atoms with Gasteiger partial charge in [0.1, 0.15) is 0 Å². The summed E-state index contributed by atoms with van der Waals surface area (Å²) in [7, 11) is 0. The first-order valence-corrected chi connectivity index (χ1v) is 4.56. The Labute approximate surface area is 91.7 Å². The Hall–Kier alpha value is 0.0274. The van der Waals surface area contributed by atoms with Gasteiger partial charge in [0.05, 0.1) is 5.92 Å². The molecule has 1 atom stereocenters. The summed E-state index contributed by atoms with van der Waals surface area (Å²) in [6.45, 7) is 6.83. The van der Waals surface area contributed by atoms with Gasteiger partial charge < -0.3 is 10.0 Å². The third-order valence-electron chi connectivity index (χ3n) is 2.53. The minimum absolute atomic E-state index is 0. The van der Waals surface area contributed by atoms with Gasteiger partial charge in [-0.3, -0.25) is 4.79 Å². The van der Waals surface area contributed by atoms with Gasteiger partial charge in [0.2, 0.25) is 0 Å². The molecule has 0 radical (unpaired) electrons. The van der Waals surface area contributed by atoms with Crippen molar-refractivity contribution in [3.63, 3.8) is 0 Å². The molecule has 3 nitrogen and oxygen atoms in total. The van der Waals surface area contributed by atoms with Gasteiger partial charge in [-0.2, -0.15) is 0 Å². The van der Waals surface area contributed by atoms with E-state index >= 15 is 0 Å². The third-order valence-corrected chi connectivity index (χ3v) is 2.53. The molecule has 13 heavy (non-hydrogen) atoms. The van der Waals surface area contributed by atoms with Crippen molar-refractivity contribution in [3.05, 3.63) is 0 Å². The minimum atomic E-state index is -0.656. The second kappa shape index (κ2) is 5.69. The van der Waals surface area contributed by atoms with E-state index in [-0.39, 0.29) is 30.7 Å². The Kier molecular flexibility index (Phi) is 5.71. The molecule has 1 aliphatic heterocycles. The average Bonchev–Trinajstić information content (AvgIpc) is 1.82. The van der Waals surface area contributed by atoms with Gasteiger partial charge in [-0.1, -0.05) is 13.8 Å². The molecule has 0 aromatic carbocycles. The molecular weight excluding hydrogens is 161 g/mol. The van der Waals surface area contributed by atoms with Crippen molar-refractivity contribution in [2.45, 2.75) is 20.3 Å². The van der Waals surface area contributed by atoms with Gasteiger partial charge in [-0.25, -0.2) is 0 Å². The van der Waals surface area contributed by atoms with E-state index in [1.165, 1.54) is 6.42 Å². The number of carbonyl (C=O) groups is 1. The van der Waals surface area contributed by atoms with E-state index < -0.39 is 5.97 Å². The van der Waals surface area contributed by atoms with Crippen molar-refractivity contribution in [3.8, 4) is 0 Å². The van der Waals surface area contributed by atoms with Gasteiger partial charge in [0.25, 0.3) is 0 Å². The van der Waals surface area contributed by atoms with E-state index in [0.717, 1.165) is 19.6 Å². The zero-order valence-electron chi connectivity index (χ0n) is 7.79. The van der Waals surface area contributed by atoms with Crippen LogP contribution in [0.1, 0.15) is 20.3 Å². The van der Waals surface area contributed by atoms with Gasteiger partial charge in [-0.05, 0) is 25.4 Å². The fourth-order valence-electron chi connectivity index (χ4n) is 1.42. The first kappa shape index (κ1) is 13.0. The van der Waals surface area contributed by atoms with Crippen molar-refractivity contribution in [2.24, 2.45) is 11.8 Å². The van der Waals surface area contributed by atoms with Crippen molar-refractivity contribution >= 4 is 24.8 Å². The molecule has 1 fully saturated rings. The topological polar surface area (TPSA) is 40.5 Å². The van der Waals surface area contributed by atoms with E-state index in [4.69, 9.17) is 5.11 Å². The normalized spacial score (nSPS) is 19.0. The van der Waals surface area contributed by atoms with Crippen LogP contribution in [0.5, 0.6) is 0 Å². The second-order valence-electron chi connectivity index (χ2n) is 3.84. The van der Waals surface area contributed by atoms with Crippen LogP contribution in [-0.4, -0.2) is 54.5 Å². The summed E-state index contributed by atoms with van der Waals surface area (Å²) in [6, 6.07) is 0. The Morgan fingerprint density at radius 2 is 2.00 bits per heavy atom. The van der Waals surface area contributed by atoms with Crippen molar-refractivity contribution in [1.82, 2.24) is 4.90 Å². The number of nitrogens with zero attached hydrogens (tertiary/aromatic N) is 1. The third kappa shape index (κ3) is 3.72. The molecule has 1 rings (SSSR count). The Morgan fingerprint density at radius 3 is 2.23 bits per heavy atom. The molecule has 1 aliphatic rings. The van der Waals surface area contributed by atoms with Crippen molar-refractivity contribution in [1.29, 1.82) is 0 Å². The van der Waals surface area contributed by atoms with Crippen LogP contribution in [0, 0.1) is 11.8 Å². The van der Waals surface area contributed by atoms with Gasteiger partial charge in [0.15, 0.2) is 0 Å². The Balaban J connectivity index is 0.00000144. The summed E-state index contributed by atoms with van der Waals surface area (Å²) in [4.78, 5) is 13.0. The standard InChI is InChI=1S/C9H17NO2.Li.H/c1-7(2)8(9(11)12)6-10-4-3-5-10;;/h7-8H,3-6H2,1-2H3,(H,11,12);;. The quantitative estimate of drug-likeness (QED) is 0.635. The van der Waals surface area contributed by atoms with Crippen LogP contribution in [0.4, 0.5) is 0 Å². The molecule has 0 aliphatic carbocycles. The number of aliphatic carboxylic acids is 1. The summed E-state index contributed by atoms with van der Waals surface area (Å²) in [6.07, 6.45) is 1.23. The van der Waals surface area contributed by atoms with Gasteiger partial charge in [0, 0.05) is 6.54 Å². The van der Waals surface area contributed by atoms with Gasteiger partial charge in [-0.15, -0.1) is 0 Å². The second-order valence-corrected chi connectivity index (χ2v) is 3.84. The van der Waals surface area contributed by atoms with E-state index in [1.54, 1.807) is 0 Å². The zero-order valence-corrected chi connectivity index (χ0v) is 7.79. The number of rotatable bonds is 4. The molecule has 0 spiro atoms. The molecule has 0 bridgehead atoms. The summed E-state index contributed by atoms with van der Waals surface area (Å²) in [5.41, 5.74) is 0. The number of carboxylic acid groups (broad SMARTS) is 1. The first-order chi connectivity index (χ1) is 5.61. The molecule has 0 aromatic heterocycles. The molecule has 0 amide bonds. The predicted molar refractivity (Wildman–Crippen MR) is 54.2 cm³/mol. The molecule has 0 saturated carbocycles. The molecule has 72 valence electrons. The fraction of sp³-hybridized carbons (Fsp3) is 0.889. The van der Waals surface area contributed by atoms with E-state index in [1.807, 2.05) is 13.8 Å². The SMILES string of the molecule is CC(C)C(CN1CCC1)C(=O)O.[LiH]. The Bertz CT molecular complexity index is 169. The van der Waals surface area contributed by atoms with E-state index in [0.29, 0.717) is 0 Å². The summed E-state index contributed by atoms with van der Waals surface area (Å²) in [5.74, 6) is -0.606. The molecule has 4 heteroatoms. The molecule has 1 N–H and O–H groups in total. The number of carboxylic acids is 1. The molecule has 1 saturated heterocycles. The molecule has 0 aromatic rings. The number of hydrogen-bond donors (Lipinski definition) is 1. The number of hydrogen-bond acceptors (Lipinski definition) is 2. The molecule has 1 heterocycles. The van der Waals surface area contributed by atoms with Gasteiger partial charge >= 0.3 is 24.8 Å². The first-order valence-electron chi connectivity index (χ1n) is 4.56. The predicted octanol–water partition coefficient (Wildman–Crippen LogP) is 0.400. The van der Waals surface area contributed by atoms with Crippen LogP contribution in [0.2, 0.25) is 0 Å². The summed E-state index contributed by atoms with van der Waals surface area (Å²) < 4.78 is 0. The summed E-state index contributed by atoms with van der Waals surface area (Å²) >= 11 is 0. The van der Waals surface area contributed by atoms with Crippen LogP contribution in [0.25, 0.3) is 0 Å². The fourth-order valence-corrected chi connectivity index (χ4v) is 1.42. The van der Waals surface area contributed by atoms with Crippen LogP contribution in [0.3, 0.4) is 0 Å². The summed E-state index contributed by atoms with van der Waals surface area (Å²) in [5, 5.41) is 8.89. The maximum atomic E-state index is 10.8.